The zero-order chi connectivity index (χ0) is 13.7. The number of aromatic nitrogens is 1. The highest BCUT2D eigenvalue weighted by molar-refractivity contribution is 7.13. The number of rotatable bonds is 6. The molecule has 0 saturated carbocycles. The van der Waals surface area contributed by atoms with E-state index < -0.39 is 0 Å². The predicted octanol–water partition coefficient (Wildman–Crippen LogP) is 2.01. The summed E-state index contributed by atoms with van der Waals surface area (Å²) in [6, 6.07) is 0. The van der Waals surface area contributed by atoms with E-state index in [1.807, 2.05) is 13.8 Å². The second-order valence-electron chi connectivity index (χ2n) is 5.10. The second kappa shape index (κ2) is 6.85. The molecule has 0 bridgehead atoms. The fourth-order valence-electron chi connectivity index (χ4n) is 1.58. The van der Waals surface area contributed by atoms with E-state index in [-0.39, 0.29) is 18.4 Å². The van der Waals surface area contributed by atoms with Crippen LogP contribution in [-0.2, 0) is 6.42 Å². The zero-order valence-corrected chi connectivity index (χ0v) is 12.3. The Balaban J connectivity index is 2.72. The van der Waals surface area contributed by atoms with Gasteiger partial charge in [0.05, 0.1) is 10.7 Å². The number of aryl methyl sites for hydroxylation is 1. The molecule has 1 rings (SSSR count). The molecule has 0 spiro atoms. The Morgan fingerprint density at radius 1 is 1.44 bits per heavy atom. The molecule has 0 aliphatic rings. The molecule has 1 heterocycles. The van der Waals surface area contributed by atoms with E-state index in [4.69, 9.17) is 5.11 Å². The summed E-state index contributed by atoms with van der Waals surface area (Å²) in [5.74, 6) is 0.488. The summed E-state index contributed by atoms with van der Waals surface area (Å²) < 4.78 is 0. The molecule has 0 aliphatic heterocycles. The number of nitrogens with zero attached hydrogens (tertiary/aromatic N) is 1. The molecular weight excluding hydrogens is 248 g/mol. The molecule has 1 aromatic rings. The maximum absolute atomic E-state index is 12.1. The fourth-order valence-corrected chi connectivity index (χ4v) is 2.45. The van der Waals surface area contributed by atoms with Gasteiger partial charge in [0, 0.05) is 13.2 Å². The van der Waals surface area contributed by atoms with Crippen molar-refractivity contribution < 1.29 is 9.90 Å². The number of carbonyl (C=O) groups is 1. The standard InChI is InChI=1S/C13H22N2O2S/c1-8(2)5-11-12(18-10(4)15-11)13(17)14-6-9(3)7-16/h8-9,16H,5-7H2,1-4H3,(H,14,17). The van der Waals surface area contributed by atoms with E-state index in [1.54, 1.807) is 0 Å². The number of carbonyl (C=O) groups excluding carboxylic acids is 1. The lowest BCUT2D eigenvalue weighted by atomic mass is 10.1. The van der Waals surface area contributed by atoms with Crippen molar-refractivity contribution >= 4 is 17.2 Å². The van der Waals surface area contributed by atoms with Gasteiger partial charge in [0.25, 0.3) is 5.91 Å². The Kier molecular flexibility index (Phi) is 5.75. The Morgan fingerprint density at radius 2 is 2.11 bits per heavy atom. The minimum atomic E-state index is -0.0726. The van der Waals surface area contributed by atoms with Gasteiger partial charge in [0.2, 0.25) is 0 Å². The molecule has 4 nitrogen and oxygen atoms in total. The topological polar surface area (TPSA) is 62.2 Å². The Bertz CT molecular complexity index is 402. The number of thiazole rings is 1. The van der Waals surface area contributed by atoms with E-state index in [0.29, 0.717) is 17.3 Å². The maximum atomic E-state index is 12.1. The van der Waals surface area contributed by atoms with Crippen LogP contribution in [0.3, 0.4) is 0 Å². The third-order valence-corrected chi connectivity index (χ3v) is 3.55. The first kappa shape index (κ1) is 15.1. The first-order chi connectivity index (χ1) is 8.43. The van der Waals surface area contributed by atoms with Crippen LogP contribution in [0, 0.1) is 18.8 Å². The second-order valence-corrected chi connectivity index (χ2v) is 6.31. The van der Waals surface area contributed by atoms with Gasteiger partial charge in [-0.15, -0.1) is 11.3 Å². The van der Waals surface area contributed by atoms with Crippen molar-refractivity contribution in [3.63, 3.8) is 0 Å². The highest BCUT2D eigenvalue weighted by Crippen LogP contribution is 2.20. The largest absolute Gasteiger partial charge is 0.396 e. The summed E-state index contributed by atoms with van der Waals surface area (Å²) in [6.45, 7) is 8.62. The van der Waals surface area contributed by atoms with Gasteiger partial charge in [-0.05, 0) is 25.2 Å². The van der Waals surface area contributed by atoms with Crippen molar-refractivity contribution in [2.45, 2.75) is 34.1 Å². The van der Waals surface area contributed by atoms with Crippen molar-refractivity contribution in [1.82, 2.24) is 10.3 Å². The number of nitrogens with one attached hydrogen (secondary N) is 1. The van der Waals surface area contributed by atoms with Crippen LogP contribution in [0.1, 0.15) is 41.1 Å². The molecule has 18 heavy (non-hydrogen) atoms. The van der Waals surface area contributed by atoms with Gasteiger partial charge in [-0.2, -0.15) is 0 Å². The molecule has 1 amide bonds. The minimum Gasteiger partial charge on any atom is -0.396 e. The van der Waals surface area contributed by atoms with Crippen molar-refractivity contribution in [2.24, 2.45) is 11.8 Å². The zero-order valence-electron chi connectivity index (χ0n) is 11.5. The van der Waals surface area contributed by atoms with Crippen molar-refractivity contribution in [1.29, 1.82) is 0 Å². The number of hydrogen-bond donors (Lipinski definition) is 2. The Morgan fingerprint density at radius 3 is 2.67 bits per heavy atom. The lowest BCUT2D eigenvalue weighted by molar-refractivity contribution is 0.0945. The summed E-state index contributed by atoms with van der Waals surface area (Å²) in [5, 5.41) is 12.7. The first-order valence-corrected chi connectivity index (χ1v) is 7.11. The average Bonchev–Trinajstić information content (AvgIpc) is 2.65. The molecule has 0 aromatic carbocycles. The monoisotopic (exact) mass is 270 g/mol. The molecule has 102 valence electrons. The van der Waals surface area contributed by atoms with Crippen LogP contribution in [0.25, 0.3) is 0 Å². The molecule has 0 saturated heterocycles. The van der Waals surface area contributed by atoms with Crippen molar-refractivity contribution in [3.8, 4) is 0 Å². The summed E-state index contributed by atoms with van der Waals surface area (Å²) in [6.07, 6.45) is 0.822. The fraction of sp³-hybridized carbons (Fsp3) is 0.692. The van der Waals surface area contributed by atoms with Gasteiger partial charge in [-0.3, -0.25) is 4.79 Å². The minimum absolute atomic E-state index is 0.0726. The summed E-state index contributed by atoms with van der Waals surface area (Å²) in [7, 11) is 0. The van der Waals surface area contributed by atoms with E-state index >= 15 is 0 Å². The van der Waals surface area contributed by atoms with Gasteiger partial charge in [-0.1, -0.05) is 20.8 Å². The van der Waals surface area contributed by atoms with E-state index in [9.17, 15) is 4.79 Å². The molecule has 2 N–H and O–H groups in total. The van der Waals surface area contributed by atoms with Crippen LogP contribution in [0.15, 0.2) is 0 Å². The van der Waals surface area contributed by atoms with Crippen molar-refractivity contribution in [2.75, 3.05) is 13.2 Å². The quantitative estimate of drug-likeness (QED) is 0.831. The third kappa shape index (κ3) is 4.38. The van der Waals surface area contributed by atoms with Gasteiger partial charge in [0.15, 0.2) is 0 Å². The van der Waals surface area contributed by atoms with Crippen LogP contribution in [-0.4, -0.2) is 29.1 Å². The van der Waals surface area contributed by atoms with E-state index in [2.05, 4.69) is 24.1 Å². The molecule has 0 aliphatic carbocycles. The Hall–Kier alpha value is -0.940. The van der Waals surface area contributed by atoms with Gasteiger partial charge in [-0.25, -0.2) is 4.98 Å². The molecular formula is C13H22N2O2S. The van der Waals surface area contributed by atoms with Crippen LogP contribution in [0.2, 0.25) is 0 Å². The highest BCUT2D eigenvalue weighted by Gasteiger charge is 2.17. The van der Waals surface area contributed by atoms with Gasteiger partial charge < -0.3 is 10.4 Å². The number of aliphatic hydroxyl groups excluding tert-OH is 1. The lowest BCUT2D eigenvalue weighted by Crippen LogP contribution is -2.29. The van der Waals surface area contributed by atoms with E-state index in [1.165, 1.54) is 11.3 Å². The summed E-state index contributed by atoms with van der Waals surface area (Å²) in [5.41, 5.74) is 0.890. The lowest BCUT2D eigenvalue weighted by Gasteiger charge is -2.10. The highest BCUT2D eigenvalue weighted by atomic mass is 32.1. The van der Waals surface area contributed by atoms with E-state index in [0.717, 1.165) is 17.1 Å². The third-order valence-electron chi connectivity index (χ3n) is 2.53. The van der Waals surface area contributed by atoms with Crippen LogP contribution in [0.5, 0.6) is 0 Å². The summed E-state index contributed by atoms with van der Waals surface area (Å²) in [4.78, 5) is 17.2. The number of aliphatic hydroxyl groups is 1. The average molecular weight is 270 g/mol. The molecule has 5 heteroatoms. The van der Waals surface area contributed by atoms with Gasteiger partial charge in [0.1, 0.15) is 4.88 Å². The van der Waals surface area contributed by atoms with Crippen molar-refractivity contribution in [3.05, 3.63) is 15.6 Å². The van der Waals surface area contributed by atoms with Crippen LogP contribution >= 0.6 is 11.3 Å². The van der Waals surface area contributed by atoms with Crippen LogP contribution in [0.4, 0.5) is 0 Å². The molecule has 1 atom stereocenters. The molecule has 0 fully saturated rings. The Labute approximate surface area is 112 Å². The normalized spacial score (nSPS) is 12.8. The molecule has 1 aromatic heterocycles. The SMILES string of the molecule is Cc1nc(CC(C)C)c(C(=O)NCC(C)CO)s1. The van der Waals surface area contributed by atoms with Gasteiger partial charge >= 0.3 is 0 Å². The number of hydrogen-bond acceptors (Lipinski definition) is 4. The smallest absolute Gasteiger partial charge is 0.263 e. The van der Waals surface area contributed by atoms with Crippen LogP contribution < -0.4 is 5.32 Å². The predicted molar refractivity (Wildman–Crippen MR) is 74.0 cm³/mol. The molecule has 0 radical (unpaired) electrons. The number of amides is 1. The maximum Gasteiger partial charge on any atom is 0.263 e. The molecule has 1 unspecified atom stereocenters. The first-order valence-electron chi connectivity index (χ1n) is 6.29. The summed E-state index contributed by atoms with van der Waals surface area (Å²) >= 11 is 1.44.